The molecular formula is C24H25ClF4N2O. The molecule has 0 aromatic heterocycles. The summed E-state index contributed by atoms with van der Waals surface area (Å²) < 4.78 is 54.7. The van der Waals surface area contributed by atoms with Crippen LogP contribution in [0.2, 0.25) is 5.02 Å². The Morgan fingerprint density at radius 2 is 1.78 bits per heavy atom. The smallest absolute Gasteiger partial charge is 0.343 e. The highest BCUT2D eigenvalue weighted by molar-refractivity contribution is 6.34. The fourth-order valence-electron chi connectivity index (χ4n) is 5.11. The van der Waals surface area contributed by atoms with E-state index >= 15 is 0 Å². The molecule has 2 saturated heterocycles. The number of carbonyl (C=O) groups excluding carboxylic acids is 1. The van der Waals surface area contributed by atoms with Crippen LogP contribution in [0.25, 0.3) is 0 Å². The SMILES string of the molecule is O=C(NC(c1ccccc1F)C1CCCC2CCCCN21)c1cccc(C(F)(F)F)c1Cl. The van der Waals surface area contributed by atoms with Crippen molar-refractivity contribution >= 4 is 17.5 Å². The number of carbonyl (C=O) groups is 1. The van der Waals surface area contributed by atoms with Crippen molar-refractivity contribution in [2.45, 2.75) is 62.8 Å². The maximum absolute atomic E-state index is 14.8. The van der Waals surface area contributed by atoms with Crippen LogP contribution in [0.4, 0.5) is 17.6 Å². The summed E-state index contributed by atoms with van der Waals surface area (Å²) in [7, 11) is 0. The summed E-state index contributed by atoms with van der Waals surface area (Å²) in [5.74, 6) is -1.19. The lowest BCUT2D eigenvalue weighted by Gasteiger charge is -2.48. The molecule has 0 radical (unpaired) electrons. The average Bonchev–Trinajstić information content (AvgIpc) is 2.77. The minimum Gasteiger partial charge on any atom is -0.343 e. The molecule has 172 valence electrons. The summed E-state index contributed by atoms with van der Waals surface area (Å²) in [5, 5.41) is 2.19. The van der Waals surface area contributed by atoms with Crippen LogP contribution in [0.3, 0.4) is 0 Å². The summed E-state index contributed by atoms with van der Waals surface area (Å²) in [4.78, 5) is 15.5. The molecule has 0 bridgehead atoms. The van der Waals surface area contributed by atoms with Crippen LogP contribution in [0, 0.1) is 5.82 Å². The second-order valence-corrected chi connectivity index (χ2v) is 8.90. The molecule has 0 spiro atoms. The minimum absolute atomic E-state index is 0.139. The first-order valence-electron chi connectivity index (χ1n) is 10.9. The zero-order chi connectivity index (χ0) is 22.9. The molecule has 2 aromatic carbocycles. The quantitative estimate of drug-likeness (QED) is 0.528. The maximum atomic E-state index is 14.8. The Kier molecular flexibility index (Phi) is 6.77. The molecule has 2 aliphatic heterocycles. The van der Waals surface area contributed by atoms with Crippen molar-refractivity contribution < 1.29 is 22.4 Å². The number of hydrogen-bond donors (Lipinski definition) is 1. The van der Waals surface area contributed by atoms with Gasteiger partial charge in [0.15, 0.2) is 0 Å². The lowest BCUT2D eigenvalue weighted by molar-refractivity contribution is -0.137. The van der Waals surface area contributed by atoms with Crippen LogP contribution in [-0.4, -0.2) is 29.4 Å². The first-order valence-corrected chi connectivity index (χ1v) is 11.3. The van der Waals surface area contributed by atoms with Gasteiger partial charge in [0, 0.05) is 17.6 Å². The first-order chi connectivity index (χ1) is 15.3. The number of piperidine rings is 2. The standard InChI is InChI=1S/C24H25ClF4N2O/c25-21-17(10-6-11-18(21)24(27,28)29)23(32)30-22(16-9-1-2-12-19(16)26)20-13-5-8-15-7-3-4-14-31(15)20/h1-2,6,9-12,15,20,22H,3-5,7-8,13-14H2,(H,30,32). The van der Waals surface area contributed by atoms with E-state index in [1.54, 1.807) is 18.2 Å². The molecular weight excluding hydrogens is 444 g/mol. The van der Waals surface area contributed by atoms with Crippen molar-refractivity contribution in [3.63, 3.8) is 0 Å². The first kappa shape index (κ1) is 23.1. The molecule has 32 heavy (non-hydrogen) atoms. The lowest BCUT2D eigenvalue weighted by Crippen LogP contribution is -2.54. The van der Waals surface area contributed by atoms with Gasteiger partial charge >= 0.3 is 6.18 Å². The zero-order valence-corrected chi connectivity index (χ0v) is 18.2. The molecule has 4 rings (SSSR count). The molecule has 0 saturated carbocycles. The predicted octanol–water partition coefficient (Wildman–Crippen LogP) is 6.38. The summed E-state index contributed by atoms with van der Waals surface area (Å²) >= 11 is 5.98. The summed E-state index contributed by atoms with van der Waals surface area (Å²) in [5.41, 5.74) is -1.00. The van der Waals surface area contributed by atoms with Crippen molar-refractivity contribution in [1.29, 1.82) is 0 Å². The van der Waals surface area contributed by atoms with Gasteiger partial charge in [0.1, 0.15) is 5.82 Å². The molecule has 2 aliphatic rings. The number of benzene rings is 2. The van der Waals surface area contributed by atoms with Gasteiger partial charge in [-0.1, -0.05) is 48.7 Å². The van der Waals surface area contributed by atoms with E-state index in [9.17, 15) is 22.4 Å². The molecule has 3 unspecified atom stereocenters. The van der Waals surface area contributed by atoms with E-state index in [1.165, 1.54) is 12.1 Å². The monoisotopic (exact) mass is 468 g/mol. The molecule has 3 nitrogen and oxygen atoms in total. The Morgan fingerprint density at radius 3 is 2.53 bits per heavy atom. The molecule has 1 N–H and O–H groups in total. The Labute approximate surface area is 189 Å². The minimum atomic E-state index is -4.68. The van der Waals surface area contributed by atoms with Crippen molar-refractivity contribution in [3.05, 3.63) is 70.0 Å². The third-order valence-electron chi connectivity index (χ3n) is 6.60. The van der Waals surface area contributed by atoms with Crippen LogP contribution in [0.15, 0.2) is 42.5 Å². The zero-order valence-electron chi connectivity index (χ0n) is 17.5. The fourth-order valence-corrected chi connectivity index (χ4v) is 5.43. The molecule has 2 heterocycles. The number of fused-ring (bicyclic) bond motifs is 1. The third-order valence-corrected chi connectivity index (χ3v) is 7.00. The Hall–Kier alpha value is -2.12. The van der Waals surface area contributed by atoms with Crippen LogP contribution in [0.5, 0.6) is 0 Å². The maximum Gasteiger partial charge on any atom is 0.417 e. The molecule has 1 amide bonds. The van der Waals surface area contributed by atoms with Gasteiger partial charge in [-0.3, -0.25) is 9.69 Å². The summed E-state index contributed by atoms with van der Waals surface area (Å²) in [6, 6.07) is 9.04. The largest absolute Gasteiger partial charge is 0.417 e. The second-order valence-electron chi connectivity index (χ2n) is 8.52. The van der Waals surface area contributed by atoms with Crippen LogP contribution in [-0.2, 0) is 6.18 Å². The van der Waals surface area contributed by atoms with Crippen LogP contribution < -0.4 is 5.32 Å². The fraction of sp³-hybridized carbons (Fsp3) is 0.458. The normalized spacial score (nSPS) is 22.8. The molecule has 8 heteroatoms. The second kappa shape index (κ2) is 9.40. The number of amides is 1. The number of nitrogens with one attached hydrogen (secondary N) is 1. The van der Waals surface area contributed by atoms with Crippen LogP contribution >= 0.6 is 11.6 Å². The number of rotatable bonds is 4. The highest BCUT2D eigenvalue weighted by Gasteiger charge is 2.40. The highest BCUT2D eigenvalue weighted by atomic mass is 35.5. The Morgan fingerprint density at radius 1 is 1.03 bits per heavy atom. The van der Waals surface area contributed by atoms with Gasteiger partial charge in [-0.05, 0) is 50.4 Å². The molecule has 3 atom stereocenters. The summed E-state index contributed by atoms with van der Waals surface area (Å²) in [6.45, 7) is 0.862. The van der Waals surface area contributed by atoms with Gasteiger partial charge in [-0.25, -0.2) is 4.39 Å². The number of hydrogen-bond acceptors (Lipinski definition) is 2. The van der Waals surface area contributed by atoms with E-state index in [0.717, 1.165) is 57.2 Å². The van der Waals surface area contributed by atoms with E-state index in [1.807, 2.05) is 0 Å². The van der Waals surface area contributed by atoms with Crippen molar-refractivity contribution in [2.24, 2.45) is 0 Å². The van der Waals surface area contributed by atoms with Gasteiger partial charge < -0.3 is 5.32 Å². The summed E-state index contributed by atoms with van der Waals surface area (Å²) in [6.07, 6.45) is 1.35. The van der Waals surface area contributed by atoms with Gasteiger partial charge in [0.25, 0.3) is 5.91 Å². The van der Waals surface area contributed by atoms with E-state index in [-0.39, 0.29) is 11.6 Å². The van der Waals surface area contributed by atoms with Gasteiger partial charge in [0.2, 0.25) is 0 Å². The van der Waals surface area contributed by atoms with Gasteiger partial charge in [-0.15, -0.1) is 0 Å². The number of halogens is 5. The number of nitrogens with zero attached hydrogens (tertiary/aromatic N) is 1. The Balaban J connectivity index is 1.69. The van der Waals surface area contributed by atoms with E-state index in [4.69, 9.17) is 11.6 Å². The van der Waals surface area contributed by atoms with Gasteiger partial charge in [0.05, 0.1) is 22.2 Å². The van der Waals surface area contributed by atoms with Crippen molar-refractivity contribution in [1.82, 2.24) is 10.2 Å². The highest BCUT2D eigenvalue weighted by Crippen LogP contribution is 2.38. The molecule has 2 fully saturated rings. The van der Waals surface area contributed by atoms with Crippen molar-refractivity contribution in [3.8, 4) is 0 Å². The van der Waals surface area contributed by atoms with Crippen molar-refractivity contribution in [2.75, 3.05) is 6.54 Å². The van der Waals surface area contributed by atoms with E-state index < -0.39 is 34.5 Å². The Bertz CT molecular complexity index is 979. The van der Waals surface area contributed by atoms with Gasteiger partial charge in [-0.2, -0.15) is 13.2 Å². The van der Waals surface area contributed by atoms with E-state index in [2.05, 4.69) is 10.2 Å². The average molecular weight is 469 g/mol. The number of alkyl halides is 3. The lowest BCUT2D eigenvalue weighted by atomic mass is 9.83. The molecule has 0 aliphatic carbocycles. The topological polar surface area (TPSA) is 32.3 Å². The third kappa shape index (κ3) is 4.64. The van der Waals surface area contributed by atoms with Crippen LogP contribution in [0.1, 0.15) is 66.1 Å². The predicted molar refractivity (Wildman–Crippen MR) is 115 cm³/mol. The van der Waals surface area contributed by atoms with E-state index in [0.29, 0.717) is 11.6 Å². The molecule has 2 aromatic rings.